The van der Waals surface area contributed by atoms with Gasteiger partial charge >= 0.3 is 0 Å². The molecule has 0 N–H and O–H groups in total. The summed E-state index contributed by atoms with van der Waals surface area (Å²) in [4.78, 5) is 20.0. The fourth-order valence-corrected chi connectivity index (χ4v) is 4.89. The number of imidazole rings is 1. The lowest BCUT2D eigenvalue weighted by Crippen LogP contribution is -2.25. The minimum absolute atomic E-state index is 0.0501. The Morgan fingerprint density at radius 1 is 1.00 bits per heavy atom. The number of rotatable bonds is 8. The molecule has 0 spiro atoms. The van der Waals surface area contributed by atoms with E-state index in [-0.39, 0.29) is 11.8 Å². The molecule has 1 saturated heterocycles. The maximum Gasteiger partial charge on any atom is 0.227 e. The highest BCUT2D eigenvalue weighted by Crippen LogP contribution is 2.35. The van der Waals surface area contributed by atoms with E-state index in [0.29, 0.717) is 19.6 Å². The Morgan fingerprint density at radius 2 is 1.80 bits per heavy atom. The number of fused-ring (bicyclic) bond motifs is 1. The molecule has 4 aromatic rings. The second-order valence-corrected chi connectivity index (χ2v) is 9.12. The molecule has 5 rings (SSSR count). The zero-order valence-corrected chi connectivity index (χ0v) is 20.5. The van der Waals surface area contributed by atoms with Crippen molar-refractivity contribution in [2.45, 2.75) is 39.2 Å². The van der Waals surface area contributed by atoms with Gasteiger partial charge in [0.2, 0.25) is 5.91 Å². The molecule has 2 heterocycles. The molecular weight excluding hydrogens is 438 g/mol. The third-order valence-electron chi connectivity index (χ3n) is 6.88. The van der Waals surface area contributed by atoms with E-state index in [9.17, 15) is 4.79 Å². The van der Waals surface area contributed by atoms with Crippen LogP contribution in [0.5, 0.6) is 11.5 Å². The molecule has 0 saturated carbocycles. The number of carbonyl (C=O) groups excluding carboxylic acids is 1. The Balaban J connectivity index is 1.35. The number of aromatic nitrogens is 2. The monoisotopic (exact) mass is 469 g/mol. The largest absolute Gasteiger partial charge is 0.497 e. The number of aryl methyl sites for hydroxylation is 2. The summed E-state index contributed by atoms with van der Waals surface area (Å²) in [5.41, 5.74) is 5.42. The molecule has 0 aliphatic carbocycles. The highest BCUT2D eigenvalue weighted by atomic mass is 16.5. The first-order chi connectivity index (χ1) is 17.0. The highest BCUT2D eigenvalue weighted by Gasteiger charge is 2.35. The molecule has 3 aromatic carbocycles. The lowest BCUT2D eigenvalue weighted by molar-refractivity contribution is -0.117. The third kappa shape index (κ3) is 4.61. The highest BCUT2D eigenvalue weighted by molar-refractivity contribution is 5.97. The van der Waals surface area contributed by atoms with E-state index in [1.54, 1.807) is 7.11 Å². The van der Waals surface area contributed by atoms with Gasteiger partial charge < -0.3 is 18.9 Å². The minimum atomic E-state index is 0.0501. The predicted octanol–water partition coefficient (Wildman–Crippen LogP) is 5.65. The van der Waals surface area contributed by atoms with Crippen LogP contribution in [0.25, 0.3) is 11.0 Å². The smallest absolute Gasteiger partial charge is 0.227 e. The molecule has 1 aliphatic heterocycles. The summed E-state index contributed by atoms with van der Waals surface area (Å²) in [6.07, 6.45) is 1.29. The molecule has 180 valence electrons. The first-order valence-electron chi connectivity index (χ1n) is 12.1. The van der Waals surface area contributed by atoms with Crippen molar-refractivity contribution >= 4 is 22.6 Å². The SMILES string of the molecule is COc1cccc(OCCCn2c(C3CC(=O)N(c4cccc(C)c4C)C3)nc3ccccc32)c1. The predicted molar refractivity (Wildman–Crippen MR) is 138 cm³/mol. The van der Waals surface area contributed by atoms with Crippen LogP contribution in [0.2, 0.25) is 0 Å². The van der Waals surface area contributed by atoms with Crippen LogP contribution in [0.1, 0.15) is 35.7 Å². The number of nitrogens with zero attached hydrogens (tertiary/aromatic N) is 3. The Labute approximate surface area is 206 Å². The summed E-state index contributed by atoms with van der Waals surface area (Å²) < 4.78 is 13.5. The van der Waals surface area contributed by atoms with Crippen LogP contribution in [-0.2, 0) is 11.3 Å². The maximum absolute atomic E-state index is 13.1. The van der Waals surface area contributed by atoms with Crippen LogP contribution in [0.4, 0.5) is 5.69 Å². The van der Waals surface area contributed by atoms with Crippen LogP contribution in [0.15, 0.2) is 66.7 Å². The Morgan fingerprint density at radius 3 is 2.66 bits per heavy atom. The number of hydrogen-bond donors (Lipinski definition) is 0. The lowest BCUT2D eigenvalue weighted by atomic mass is 10.1. The van der Waals surface area contributed by atoms with Gasteiger partial charge in [-0.05, 0) is 61.7 Å². The maximum atomic E-state index is 13.1. The average Bonchev–Trinajstić information content (AvgIpc) is 3.44. The molecule has 6 heteroatoms. The second-order valence-electron chi connectivity index (χ2n) is 9.12. The van der Waals surface area contributed by atoms with Gasteiger partial charge in [0.05, 0.1) is 24.8 Å². The van der Waals surface area contributed by atoms with E-state index in [1.165, 1.54) is 5.56 Å². The van der Waals surface area contributed by atoms with Crippen LogP contribution < -0.4 is 14.4 Å². The van der Waals surface area contributed by atoms with Gasteiger partial charge in [-0.1, -0.05) is 30.3 Å². The van der Waals surface area contributed by atoms with Gasteiger partial charge in [-0.15, -0.1) is 0 Å². The van der Waals surface area contributed by atoms with Crippen LogP contribution in [0, 0.1) is 13.8 Å². The zero-order chi connectivity index (χ0) is 24.4. The van der Waals surface area contributed by atoms with Crippen molar-refractivity contribution in [3.8, 4) is 11.5 Å². The molecule has 1 aromatic heterocycles. The molecule has 6 nitrogen and oxygen atoms in total. The summed E-state index contributed by atoms with van der Waals surface area (Å²) >= 11 is 0. The van der Waals surface area contributed by atoms with Gasteiger partial charge in [0.1, 0.15) is 17.3 Å². The van der Waals surface area contributed by atoms with Crippen molar-refractivity contribution in [1.82, 2.24) is 9.55 Å². The van der Waals surface area contributed by atoms with E-state index in [2.05, 4.69) is 30.5 Å². The normalized spacial score (nSPS) is 15.7. The van der Waals surface area contributed by atoms with Gasteiger partial charge in [0.15, 0.2) is 0 Å². The number of ether oxygens (including phenoxy) is 2. The van der Waals surface area contributed by atoms with Gasteiger partial charge in [-0.25, -0.2) is 4.98 Å². The topological polar surface area (TPSA) is 56.6 Å². The third-order valence-corrected chi connectivity index (χ3v) is 6.88. The van der Waals surface area contributed by atoms with Crippen molar-refractivity contribution < 1.29 is 14.3 Å². The quantitative estimate of drug-likeness (QED) is 0.313. The average molecular weight is 470 g/mol. The first kappa shape index (κ1) is 23.0. The Bertz CT molecular complexity index is 1360. The number of methoxy groups -OCH3 is 1. The second kappa shape index (κ2) is 9.82. The van der Waals surface area contributed by atoms with E-state index < -0.39 is 0 Å². The van der Waals surface area contributed by atoms with Crippen molar-refractivity contribution in [2.24, 2.45) is 0 Å². The first-order valence-corrected chi connectivity index (χ1v) is 12.1. The van der Waals surface area contributed by atoms with Gasteiger partial charge in [0, 0.05) is 37.2 Å². The molecule has 0 bridgehead atoms. The summed E-state index contributed by atoms with van der Waals surface area (Å²) in [6, 6.07) is 22.0. The summed E-state index contributed by atoms with van der Waals surface area (Å²) in [5, 5.41) is 0. The standard InChI is InChI=1S/C29H31N3O3/c1-20-9-6-14-26(21(20)2)32-19-22(17-28(32)33)29-30-25-12-4-5-13-27(25)31(29)15-8-16-35-24-11-7-10-23(18-24)34-3/h4-7,9-14,18,22H,8,15-17,19H2,1-3H3. The molecule has 0 radical (unpaired) electrons. The molecule has 35 heavy (non-hydrogen) atoms. The van der Waals surface area contributed by atoms with Crippen molar-refractivity contribution in [2.75, 3.05) is 25.2 Å². The Kier molecular flexibility index (Phi) is 6.45. The zero-order valence-electron chi connectivity index (χ0n) is 20.5. The van der Waals surface area contributed by atoms with E-state index in [1.807, 2.05) is 59.5 Å². The number of benzene rings is 3. The van der Waals surface area contributed by atoms with Crippen LogP contribution in [0.3, 0.4) is 0 Å². The number of anilines is 1. The molecule has 1 amide bonds. The van der Waals surface area contributed by atoms with Gasteiger partial charge in [-0.2, -0.15) is 0 Å². The Hall–Kier alpha value is -3.80. The molecule has 1 atom stereocenters. The van der Waals surface area contributed by atoms with E-state index in [4.69, 9.17) is 14.5 Å². The fourth-order valence-electron chi connectivity index (χ4n) is 4.89. The van der Waals surface area contributed by atoms with Crippen molar-refractivity contribution in [1.29, 1.82) is 0 Å². The van der Waals surface area contributed by atoms with Gasteiger partial charge in [-0.3, -0.25) is 4.79 Å². The van der Waals surface area contributed by atoms with Crippen molar-refractivity contribution in [3.05, 3.63) is 83.7 Å². The summed E-state index contributed by atoms with van der Waals surface area (Å²) in [6.45, 7) is 6.17. The summed E-state index contributed by atoms with van der Waals surface area (Å²) in [5.74, 6) is 2.77. The number of hydrogen-bond acceptors (Lipinski definition) is 4. The number of para-hydroxylation sites is 2. The molecule has 1 fully saturated rings. The lowest BCUT2D eigenvalue weighted by Gasteiger charge is -2.20. The van der Waals surface area contributed by atoms with Crippen LogP contribution in [-0.4, -0.2) is 35.7 Å². The number of amides is 1. The van der Waals surface area contributed by atoms with Crippen molar-refractivity contribution in [3.63, 3.8) is 0 Å². The van der Waals surface area contributed by atoms with Gasteiger partial charge in [0.25, 0.3) is 0 Å². The number of carbonyl (C=O) groups is 1. The molecular formula is C29H31N3O3. The minimum Gasteiger partial charge on any atom is -0.497 e. The van der Waals surface area contributed by atoms with E-state index >= 15 is 0 Å². The fraction of sp³-hybridized carbons (Fsp3) is 0.310. The summed E-state index contributed by atoms with van der Waals surface area (Å²) in [7, 11) is 1.65. The van der Waals surface area contributed by atoms with E-state index in [0.717, 1.165) is 52.6 Å². The molecule has 1 aliphatic rings. The van der Waals surface area contributed by atoms with Crippen LogP contribution >= 0.6 is 0 Å². The molecule has 1 unspecified atom stereocenters.